The van der Waals surface area contributed by atoms with Crippen molar-refractivity contribution in [3.05, 3.63) is 29.8 Å². The summed E-state index contributed by atoms with van der Waals surface area (Å²) in [5.74, 6) is 0. The summed E-state index contributed by atoms with van der Waals surface area (Å²) in [6.45, 7) is 4.30. The molecule has 0 heterocycles. The summed E-state index contributed by atoms with van der Waals surface area (Å²) in [5.41, 5.74) is 6.33. The van der Waals surface area contributed by atoms with Gasteiger partial charge in [0.25, 0.3) is 0 Å². The molecule has 0 fully saturated rings. The van der Waals surface area contributed by atoms with Gasteiger partial charge >= 0.3 is 0 Å². The minimum atomic E-state index is -3.40. The van der Waals surface area contributed by atoms with E-state index in [1.165, 1.54) is 0 Å². The highest BCUT2D eigenvalue weighted by Crippen LogP contribution is 2.12. The third-order valence-electron chi connectivity index (χ3n) is 2.50. The zero-order valence-electron chi connectivity index (χ0n) is 10.3. The number of nitrogens with one attached hydrogen (secondary N) is 1. The zero-order valence-corrected chi connectivity index (χ0v) is 11.1. The molecule has 0 radical (unpaired) electrons. The summed E-state index contributed by atoms with van der Waals surface area (Å²) in [5, 5.41) is 0. The number of hydrogen-bond donors (Lipinski definition) is 2. The maximum atomic E-state index is 12.0. The molecule has 0 spiro atoms. The minimum Gasteiger partial charge on any atom is -0.330 e. The second kappa shape index (κ2) is 6.14. The van der Waals surface area contributed by atoms with E-state index in [1.54, 1.807) is 18.2 Å². The van der Waals surface area contributed by atoms with Crippen LogP contribution in [0.3, 0.4) is 0 Å². The van der Waals surface area contributed by atoms with Crippen molar-refractivity contribution in [3.8, 4) is 0 Å². The first-order valence-electron chi connectivity index (χ1n) is 5.75. The van der Waals surface area contributed by atoms with Gasteiger partial charge in [-0.05, 0) is 50.9 Å². The Balaban J connectivity index is 2.75. The van der Waals surface area contributed by atoms with Crippen LogP contribution in [-0.2, 0) is 10.0 Å². The van der Waals surface area contributed by atoms with Crippen LogP contribution in [0.5, 0.6) is 0 Å². The molecule has 5 heteroatoms. The summed E-state index contributed by atoms with van der Waals surface area (Å²) in [6.07, 6.45) is 1.57. The third kappa shape index (κ3) is 4.46. The molecule has 0 aliphatic rings. The van der Waals surface area contributed by atoms with Crippen LogP contribution < -0.4 is 10.5 Å². The van der Waals surface area contributed by atoms with Gasteiger partial charge in [-0.3, -0.25) is 0 Å². The van der Waals surface area contributed by atoms with Crippen molar-refractivity contribution < 1.29 is 8.42 Å². The SMILES string of the molecule is Cc1cccc(S(=O)(=O)NC(C)CCCN)c1. The van der Waals surface area contributed by atoms with E-state index in [2.05, 4.69) is 4.72 Å². The largest absolute Gasteiger partial charge is 0.330 e. The van der Waals surface area contributed by atoms with Crippen molar-refractivity contribution in [2.45, 2.75) is 37.6 Å². The predicted molar refractivity (Wildman–Crippen MR) is 69.3 cm³/mol. The lowest BCUT2D eigenvalue weighted by Gasteiger charge is -2.13. The standard InChI is InChI=1S/C12H20N2O2S/c1-10-5-3-7-12(9-10)17(15,16)14-11(2)6-4-8-13/h3,5,7,9,11,14H,4,6,8,13H2,1-2H3. The van der Waals surface area contributed by atoms with E-state index in [4.69, 9.17) is 5.73 Å². The number of hydrogen-bond acceptors (Lipinski definition) is 3. The van der Waals surface area contributed by atoms with Gasteiger partial charge in [0.05, 0.1) is 4.90 Å². The number of aryl methyl sites for hydroxylation is 1. The van der Waals surface area contributed by atoms with Crippen LogP contribution in [0.4, 0.5) is 0 Å². The second-order valence-electron chi connectivity index (χ2n) is 4.27. The molecule has 0 saturated carbocycles. The highest BCUT2D eigenvalue weighted by molar-refractivity contribution is 7.89. The molecular formula is C12H20N2O2S. The molecule has 1 aromatic carbocycles. The molecule has 1 aromatic rings. The van der Waals surface area contributed by atoms with Crippen molar-refractivity contribution in [2.24, 2.45) is 5.73 Å². The summed E-state index contributed by atoms with van der Waals surface area (Å²) < 4.78 is 26.7. The van der Waals surface area contributed by atoms with Crippen LogP contribution in [0.25, 0.3) is 0 Å². The maximum Gasteiger partial charge on any atom is 0.240 e. The van der Waals surface area contributed by atoms with Crippen LogP contribution in [0.2, 0.25) is 0 Å². The summed E-state index contributed by atoms with van der Waals surface area (Å²) >= 11 is 0. The average molecular weight is 256 g/mol. The van der Waals surface area contributed by atoms with Gasteiger partial charge in [0, 0.05) is 6.04 Å². The van der Waals surface area contributed by atoms with Crippen LogP contribution in [0, 0.1) is 6.92 Å². The molecule has 0 aliphatic carbocycles. The van der Waals surface area contributed by atoms with Gasteiger partial charge in [-0.1, -0.05) is 12.1 Å². The van der Waals surface area contributed by atoms with Gasteiger partial charge in [-0.15, -0.1) is 0 Å². The molecule has 0 aliphatic heterocycles. The molecule has 4 nitrogen and oxygen atoms in total. The second-order valence-corrected chi connectivity index (χ2v) is 5.98. The van der Waals surface area contributed by atoms with Crippen LogP contribution in [0.15, 0.2) is 29.2 Å². The number of rotatable bonds is 6. The molecule has 0 saturated heterocycles. The van der Waals surface area contributed by atoms with Gasteiger partial charge in [0.15, 0.2) is 0 Å². The van der Waals surface area contributed by atoms with E-state index in [9.17, 15) is 8.42 Å². The van der Waals surface area contributed by atoms with Gasteiger partial charge in [-0.25, -0.2) is 13.1 Å². The van der Waals surface area contributed by atoms with Crippen molar-refractivity contribution >= 4 is 10.0 Å². The molecule has 0 amide bonds. The lowest BCUT2D eigenvalue weighted by Crippen LogP contribution is -2.33. The lowest BCUT2D eigenvalue weighted by molar-refractivity contribution is 0.539. The molecule has 96 valence electrons. The van der Waals surface area contributed by atoms with Gasteiger partial charge in [-0.2, -0.15) is 0 Å². The van der Waals surface area contributed by atoms with Crippen molar-refractivity contribution in [2.75, 3.05) is 6.54 Å². The molecule has 17 heavy (non-hydrogen) atoms. The van der Waals surface area contributed by atoms with Gasteiger partial charge in [0.1, 0.15) is 0 Å². The molecule has 1 atom stereocenters. The van der Waals surface area contributed by atoms with E-state index in [1.807, 2.05) is 19.9 Å². The lowest BCUT2D eigenvalue weighted by atomic mass is 10.2. The Morgan fingerprint density at radius 3 is 2.71 bits per heavy atom. The monoisotopic (exact) mass is 256 g/mol. The van der Waals surface area contributed by atoms with Gasteiger partial charge < -0.3 is 5.73 Å². The number of nitrogens with two attached hydrogens (primary N) is 1. The van der Waals surface area contributed by atoms with E-state index in [-0.39, 0.29) is 6.04 Å². The summed E-state index contributed by atoms with van der Waals surface area (Å²) in [4.78, 5) is 0.317. The fourth-order valence-corrected chi connectivity index (χ4v) is 2.98. The number of sulfonamides is 1. The van der Waals surface area contributed by atoms with Crippen molar-refractivity contribution in [1.29, 1.82) is 0 Å². The molecule has 1 unspecified atom stereocenters. The quantitative estimate of drug-likeness (QED) is 0.808. The molecule has 3 N–H and O–H groups in total. The Morgan fingerprint density at radius 2 is 2.12 bits per heavy atom. The van der Waals surface area contributed by atoms with E-state index in [0.717, 1.165) is 18.4 Å². The smallest absolute Gasteiger partial charge is 0.240 e. The highest BCUT2D eigenvalue weighted by atomic mass is 32.2. The normalized spacial score (nSPS) is 13.6. The Bertz CT molecular complexity index is 457. The zero-order chi connectivity index (χ0) is 12.9. The first-order valence-corrected chi connectivity index (χ1v) is 7.23. The average Bonchev–Trinajstić information content (AvgIpc) is 2.26. The molecular weight excluding hydrogens is 236 g/mol. The minimum absolute atomic E-state index is 0.0935. The Labute approximate surface area is 103 Å². The predicted octanol–water partition coefficient (Wildman–Crippen LogP) is 1.40. The van der Waals surface area contributed by atoms with Crippen molar-refractivity contribution in [1.82, 2.24) is 4.72 Å². The maximum absolute atomic E-state index is 12.0. The Hall–Kier alpha value is -0.910. The highest BCUT2D eigenvalue weighted by Gasteiger charge is 2.16. The van der Waals surface area contributed by atoms with Gasteiger partial charge in [0.2, 0.25) is 10.0 Å². The topological polar surface area (TPSA) is 72.2 Å². The first-order chi connectivity index (χ1) is 7.95. The molecule has 1 rings (SSSR count). The Kier molecular flexibility index (Phi) is 5.11. The van der Waals surface area contributed by atoms with E-state index in [0.29, 0.717) is 11.4 Å². The number of benzene rings is 1. The van der Waals surface area contributed by atoms with Crippen LogP contribution in [0.1, 0.15) is 25.3 Å². The van der Waals surface area contributed by atoms with Crippen LogP contribution >= 0.6 is 0 Å². The van der Waals surface area contributed by atoms with E-state index >= 15 is 0 Å². The fraction of sp³-hybridized carbons (Fsp3) is 0.500. The fourth-order valence-electron chi connectivity index (χ4n) is 1.60. The molecule has 0 bridgehead atoms. The van der Waals surface area contributed by atoms with Crippen LogP contribution in [-0.4, -0.2) is 21.0 Å². The van der Waals surface area contributed by atoms with E-state index < -0.39 is 10.0 Å². The summed E-state index contributed by atoms with van der Waals surface area (Å²) in [7, 11) is -3.40. The van der Waals surface area contributed by atoms with Crippen molar-refractivity contribution in [3.63, 3.8) is 0 Å². The first kappa shape index (κ1) is 14.2. The third-order valence-corrected chi connectivity index (χ3v) is 4.08. The summed E-state index contributed by atoms with van der Waals surface area (Å²) in [6, 6.07) is 6.79. The molecule has 0 aromatic heterocycles. The Morgan fingerprint density at radius 1 is 1.41 bits per heavy atom.